The largest absolute Gasteiger partial charge is 0.493 e. The summed E-state index contributed by atoms with van der Waals surface area (Å²) in [7, 11) is 4.69. The third-order valence-electron chi connectivity index (χ3n) is 12.9. The van der Waals surface area contributed by atoms with Gasteiger partial charge in [-0.2, -0.15) is 0 Å². The number of methoxy groups -OCH3 is 3. The van der Waals surface area contributed by atoms with E-state index in [0.717, 1.165) is 39.3 Å². The first-order chi connectivity index (χ1) is 34.1. The molecule has 2 amide bonds. The Kier molecular flexibility index (Phi) is 14.6. The van der Waals surface area contributed by atoms with Crippen molar-refractivity contribution in [1.29, 1.82) is 0 Å². The second-order valence-corrected chi connectivity index (χ2v) is 17.4. The molecule has 16 heteroatoms. The Morgan fingerprint density at radius 3 is 2.03 bits per heavy atom. The van der Waals surface area contributed by atoms with E-state index in [4.69, 9.17) is 38.2 Å². The van der Waals surface area contributed by atoms with Gasteiger partial charge in [0.05, 0.1) is 81.8 Å². The molecule has 0 fully saturated rings. The molecule has 0 saturated carbocycles. The number of aliphatic carboxylic acids is 1. The number of carboxylic acids is 1. The monoisotopic (exact) mass is 951 g/mol. The first-order valence-corrected chi connectivity index (χ1v) is 23.4. The number of hydrogen-bond donors (Lipinski definition) is 2. The minimum atomic E-state index is -0.883. The van der Waals surface area contributed by atoms with E-state index in [1.165, 1.54) is 14.2 Å². The van der Waals surface area contributed by atoms with E-state index in [2.05, 4.69) is 16.8 Å². The number of ether oxygens (including phenoxy) is 7. The summed E-state index contributed by atoms with van der Waals surface area (Å²) in [5, 5.41) is 13.0. The van der Waals surface area contributed by atoms with Crippen LogP contribution in [-0.4, -0.2) is 109 Å². The molecular formula is C54H57N5O11. The van der Waals surface area contributed by atoms with Crippen LogP contribution in [0.4, 0.5) is 28.4 Å². The van der Waals surface area contributed by atoms with Crippen LogP contribution in [0.15, 0.2) is 108 Å². The number of fused-ring (bicyclic) bond motifs is 8. The number of nitrogens with zero attached hydrogens (tertiary/aromatic N) is 4. The van der Waals surface area contributed by atoms with Crippen molar-refractivity contribution in [2.75, 3.05) is 87.5 Å². The lowest BCUT2D eigenvalue weighted by molar-refractivity contribution is -0.137. The van der Waals surface area contributed by atoms with E-state index < -0.39 is 5.97 Å². The Balaban J connectivity index is 0.993. The molecule has 0 aliphatic carbocycles. The second kappa shape index (κ2) is 21.5. The number of aliphatic imine (C=N–C) groups is 1. The van der Waals surface area contributed by atoms with Gasteiger partial charge in [-0.25, -0.2) is 0 Å². The molecule has 70 heavy (non-hydrogen) atoms. The summed E-state index contributed by atoms with van der Waals surface area (Å²) < 4.78 is 41.3. The molecule has 16 nitrogen and oxygen atoms in total. The van der Waals surface area contributed by atoms with Crippen LogP contribution in [-0.2, 0) is 45.1 Å². The summed E-state index contributed by atoms with van der Waals surface area (Å²) in [6, 6.07) is 28.2. The molecule has 0 bridgehead atoms. The van der Waals surface area contributed by atoms with Crippen LogP contribution in [0.3, 0.4) is 0 Å². The van der Waals surface area contributed by atoms with Crippen molar-refractivity contribution in [1.82, 2.24) is 0 Å². The molecule has 5 aromatic rings. The van der Waals surface area contributed by atoms with Crippen molar-refractivity contribution in [3.8, 4) is 23.0 Å². The fourth-order valence-electron chi connectivity index (χ4n) is 9.45. The molecular weight excluding hydrogens is 895 g/mol. The predicted octanol–water partition coefficient (Wildman–Crippen LogP) is 8.01. The van der Waals surface area contributed by atoms with Crippen molar-refractivity contribution in [3.05, 3.63) is 137 Å². The molecule has 0 radical (unpaired) electrons. The maximum Gasteiger partial charge on any atom is 0.303 e. The zero-order chi connectivity index (χ0) is 48.7. The van der Waals surface area contributed by atoms with Crippen LogP contribution in [0, 0.1) is 0 Å². The summed E-state index contributed by atoms with van der Waals surface area (Å²) in [6.45, 7) is 7.50. The number of para-hydroxylation sites is 2. The predicted molar refractivity (Wildman–Crippen MR) is 266 cm³/mol. The highest BCUT2D eigenvalue weighted by Gasteiger charge is 2.40. The number of amides is 2. The van der Waals surface area contributed by atoms with Gasteiger partial charge in [0.1, 0.15) is 13.2 Å². The fraction of sp³-hybridized carbons (Fsp3) is 0.333. The zero-order valence-electron chi connectivity index (χ0n) is 39.6. The Hall–Kier alpha value is -7.40. The normalized spacial score (nSPS) is 16.2. The first kappa shape index (κ1) is 47.7. The molecule has 4 heterocycles. The number of hydrogen-bond acceptors (Lipinski definition) is 13. The average molecular weight is 952 g/mol. The van der Waals surface area contributed by atoms with Gasteiger partial charge in [0, 0.05) is 80.6 Å². The lowest BCUT2D eigenvalue weighted by Crippen LogP contribution is -2.38. The SMILES string of the molecule is C=C1Nc2cc(OCc3cc(COc4cc5c(cc4OC)C(=O)N4c6ccccc6C[C@H]4C=N5)cc(N(CCCC(=O)O)CCOCCOCCOC)c3)c(OC)cc2C(=O)N2c3ccccc3C[C@@H]12. The van der Waals surface area contributed by atoms with Crippen molar-refractivity contribution >= 4 is 52.4 Å². The molecule has 0 saturated heterocycles. The minimum Gasteiger partial charge on any atom is -0.493 e. The van der Waals surface area contributed by atoms with Gasteiger partial charge in [-0.05, 0) is 71.1 Å². The van der Waals surface area contributed by atoms with Crippen LogP contribution < -0.4 is 39.0 Å². The van der Waals surface area contributed by atoms with Gasteiger partial charge in [0.15, 0.2) is 23.0 Å². The van der Waals surface area contributed by atoms with Gasteiger partial charge in [-0.1, -0.05) is 43.0 Å². The molecule has 5 aromatic carbocycles. The second-order valence-electron chi connectivity index (χ2n) is 17.4. The number of carbonyl (C=O) groups is 3. The molecule has 0 unspecified atom stereocenters. The van der Waals surface area contributed by atoms with Gasteiger partial charge >= 0.3 is 5.97 Å². The van der Waals surface area contributed by atoms with Crippen LogP contribution >= 0.6 is 0 Å². The Labute approximate surface area is 407 Å². The third-order valence-corrected chi connectivity index (χ3v) is 12.9. The molecule has 0 aromatic heterocycles. The molecule has 9 rings (SSSR count). The smallest absolute Gasteiger partial charge is 0.303 e. The van der Waals surface area contributed by atoms with E-state index in [9.17, 15) is 19.5 Å². The Morgan fingerprint density at radius 1 is 0.729 bits per heavy atom. The van der Waals surface area contributed by atoms with E-state index in [1.807, 2.05) is 72.9 Å². The summed E-state index contributed by atoms with van der Waals surface area (Å²) >= 11 is 0. The third kappa shape index (κ3) is 10.2. The molecule has 2 N–H and O–H groups in total. The van der Waals surface area contributed by atoms with Gasteiger partial charge in [0.2, 0.25) is 0 Å². The summed E-state index contributed by atoms with van der Waals surface area (Å²) in [5.41, 5.74) is 8.82. The van der Waals surface area contributed by atoms with Crippen LogP contribution in [0.1, 0.15) is 55.8 Å². The van der Waals surface area contributed by atoms with Crippen LogP contribution in [0.25, 0.3) is 0 Å². The zero-order valence-corrected chi connectivity index (χ0v) is 39.6. The van der Waals surface area contributed by atoms with Crippen molar-refractivity contribution in [3.63, 3.8) is 0 Å². The summed E-state index contributed by atoms with van der Waals surface area (Å²) in [4.78, 5) is 50.5. The van der Waals surface area contributed by atoms with Gasteiger partial charge in [-0.3, -0.25) is 29.2 Å². The Bertz CT molecular complexity index is 2810. The summed E-state index contributed by atoms with van der Waals surface area (Å²) in [5.74, 6) is 0.351. The minimum absolute atomic E-state index is 0.0102. The lowest BCUT2D eigenvalue weighted by Gasteiger charge is -2.26. The molecule has 2 atom stereocenters. The number of rotatable bonds is 22. The highest BCUT2D eigenvalue weighted by molar-refractivity contribution is 6.15. The number of carboxylic acid groups (broad SMARTS) is 1. The van der Waals surface area contributed by atoms with E-state index >= 15 is 0 Å². The average Bonchev–Trinajstić information content (AvgIpc) is 3.89. The van der Waals surface area contributed by atoms with E-state index in [-0.39, 0.29) is 43.5 Å². The molecule has 4 aliphatic rings. The van der Waals surface area contributed by atoms with Gasteiger partial charge in [0.25, 0.3) is 11.8 Å². The van der Waals surface area contributed by atoms with Gasteiger partial charge in [-0.15, -0.1) is 0 Å². The van der Waals surface area contributed by atoms with Crippen molar-refractivity contribution < 1.29 is 52.6 Å². The first-order valence-electron chi connectivity index (χ1n) is 23.4. The van der Waals surface area contributed by atoms with E-state index in [1.54, 1.807) is 41.2 Å². The molecule has 364 valence electrons. The van der Waals surface area contributed by atoms with E-state index in [0.29, 0.717) is 117 Å². The number of anilines is 4. The van der Waals surface area contributed by atoms with Gasteiger partial charge < -0.3 is 48.5 Å². The van der Waals surface area contributed by atoms with Crippen LogP contribution in [0.5, 0.6) is 23.0 Å². The standard InChI is InChI=1S/C54H57N5O11/c1-34-47-26-38-11-6-8-13-46(38)59(47)54(63)42-28-49(66-4)51(30-44(42)56-34)70-33-36-22-35(23-39(24-36)57(15-9-14-52(60)61)16-17-67-20-21-68-19-18-64-2)32-69-50-29-43-41(27-48(50)65-3)53(62)58-40(31-55-43)25-37-10-5-7-12-45(37)58/h5-8,10-13,22-24,27-31,40,47,56H,1,9,14-21,25-26,32-33H2,2-4H3,(H,60,61)/t40-,47-/m0/s1. The fourth-order valence-corrected chi connectivity index (χ4v) is 9.45. The topological polar surface area (TPSA) is 170 Å². The molecule has 4 aliphatic heterocycles. The van der Waals surface area contributed by atoms with Crippen LogP contribution in [0.2, 0.25) is 0 Å². The highest BCUT2D eigenvalue weighted by atomic mass is 16.5. The lowest BCUT2D eigenvalue weighted by atomic mass is 10.1. The molecule has 0 spiro atoms. The van der Waals surface area contributed by atoms with Crippen molar-refractivity contribution in [2.24, 2.45) is 4.99 Å². The number of nitrogens with one attached hydrogen (secondary N) is 1. The summed E-state index contributed by atoms with van der Waals surface area (Å²) in [6.07, 6.45) is 3.52. The maximum absolute atomic E-state index is 14.2. The number of carbonyl (C=O) groups excluding carboxylic acids is 2. The number of benzene rings is 5. The van der Waals surface area contributed by atoms with Crippen molar-refractivity contribution in [2.45, 2.75) is 51.0 Å². The quantitative estimate of drug-likeness (QED) is 0.0641. The Morgan fingerprint density at radius 2 is 1.34 bits per heavy atom. The maximum atomic E-state index is 14.2. The highest BCUT2D eigenvalue weighted by Crippen LogP contribution is 2.44.